The first-order chi connectivity index (χ1) is 11.6. The van der Waals surface area contributed by atoms with Gasteiger partial charge in [0.1, 0.15) is 5.69 Å². The first kappa shape index (κ1) is 15.8. The number of nitrogens with zero attached hydrogens (tertiary/aromatic N) is 2. The second-order valence-corrected chi connectivity index (χ2v) is 6.02. The Bertz CT molecular complexity index is 928. The SMILES string of the molecule is Cc1ccc(/C=N/NC(=O)c2cc(-c3cccs3)[nH]c(=O)n2)cc1. The molecule has 0 spiro atoms. The summed E-state index contributed by atoms with van der Waals surface area (Å²) in [4.78, 5) is 30.9. The summed E-state index contributed by atoms with van der Waals surface area (Å²) in [7, 11) is 0. The van der Waals surface area contributed by atoms with Crippen LogP contribution >= 0.6 is 11.3 Å². The number of aryl methyl sites for hydroxylation is 1. The number of hydrogen-bond acceptors (Lipinski definition) is 5. The van der Waals surface area contributed by atoms with Crippen molar-refractivity contribution >= 4 is 23.5 Å². The van der Waals surface area contributed by atoms with Gasteiger partial charge in [-0.2, -0.15) is 10.1 Å². The van der Waals surface area contributed by atoms with E-state index in [1.807, 2.05) is 48.7 Å². The number of amides is 1. The van der Waals surface area contributed by atoms with Gasteiger partial charge in [-0.3, -0.25) is 4.79 Å². The Morgan fingerprint density at radius 3 is 2.79 bits per heavy atom. The van der Waals surface area contributed by atoms with Crippen LogP contribution in [0.2, 0.25) is 0 Å². The Balaban J connectivity index is 1.75. The zero-order valence-corrected chi connectivity index (χ0v) is 13.6. The van der Waals surface area contributed by atoms with E-state index in [9.17, 15) is 9.59 Å². The first-order valence-electron chi connectivity index (χ1n) is 7.17. The highest BCUT2D eigenvalue weighted by Crippen LogP contribution is 2.21. The first-order valence-corrected chi connectivity index (χ1v) is 8.05. The molecule has 2 heterocycles. The van der Waals surface area contributed by atoms with Crippen LogP contribution in [0.4, 0.5) is 0 Å². The molecule has 0 aliphatic heterocycles. The highest BCUT2D eigenvalue weighted by molar-refractivity contribution is 7.13. The Kier molecular flexibility index (Phi) is 4.62. The van der Waals surface area contributed by atoms with Gasteiger partial charge < -0.3 is 4.98 Å². The number of nitrogens with one attached hydrogen (secondary N) is 2. The minimum Gasteiger partial charge on any atom is -0.305 e. The highest BCUT2D eigenvalue weighted by Gasteiger charge is 2.10. The van der Waals surface area contributed by atoms with E-state index in [-0.39, 0.29) is 5.69 Å². The largest absolute Gasteiger partial charge is 0.346 e. The number of aromatic nitrogens is 2. The van der Waals surface area contributed by atoms with Crippen molar-refractivity contribution in [1.29, 1.82) is 0 Å². The third-order valence-corrected chi connectivity index (χ3v) is 4.12. The van der Waals surface area contributed by atoms with Crippen LogP contribution in [0.5, 0.6) is 0 Å². The molecule has 0 atom stereocenters. The number of carbonyl (C=O) groups is 1. The molecule has 3 rings (SSSR count). The third kappa shape index (κ3) is 3.82. The Hall–Kier alpha value is -3.06. The molecule has 24 heavy (non-hydrogen) atoms. The quantitative estimate of drug-likeness (QED) is 0.566. The second-order valence-electron chi connectivity index (χ2n) is 5.07. The van der Waals surface area contributed by atoms with Gasteiger partial charge in [0.25, 0.3) is 5.91 Å². The predicted molar refractivity (Wildman–Crippen MR) is 94.4 cm³/mol. The number of rotatable bonds is 4. The van der Waals surface area contributed by atoms with Crippen molar-refractivity contribution in [3.05, 3.63) is 75.1 Å². The number of benzene rings is 1. The van der Waals surface area contributed by atoms with Gasteiger partial charge >= 0.3 is 5.69 Å². The lowest BCUT2D eigenvalue weighted by Crippen LogP contribution is -2.24. The molecule has 0 radical (unpaired) electrons. The molecule has 2 aromatic heterocycles. The smallest absolute Gasteiger partial charge is 0.305 e. The van der Waals surface area contributed by atoms with Gasteiger partial charge in [-0.15, -0.1) is 11.3 Å². The minimum absolute atomic E-state index is 0.0169. The summed E-state index contributed by atoms with van der Waals surface area (Å²) < 4.78 is 0. The molecular formula is C17H14N4O2S. The summed E-state index contributed by atoms with van der Waals surface area (Å²) in [5.41, 5.74) is 4.38. The Morgan fingerprint density at radius 2 is 2.08 bits per heavy atom. The predicted octanol–water partition coefficient (Wildman–Crippen LogP) is 2.57. The Morgan fingerprint density at radius 1 is 1.29 bits per heavy atom. The van der Waals surface area contributed by atoms with E-state index in [0.29, 0.717) is 5.69 Å². The molecule has 7 heteroatoms. The zero-order valence-electron chi connectivity index (χ0n) is 12.8. The zero-order chi connectivity index (χ0) is 16.9. The van der Waals surface area contributed by atoms with Crippen LogP contribution < -0.4 is 11.1 Å². The van der Waals surface area contributed by atoms with Gasteiger partial charge in [-0.1, -0.05) is 35.9 Å². The van der Waals surface area contributed by atoms with Crippen molar-refractivity contribution in [2.45, 2.75) is 6.92 Å². The van der Waals surface area contributed by atoms with Crippen molar-refractivity contribution < 1.29 is 4.79 Å². The fourth-order valence-electron chi connectivity index (χ4n) is 2.01. The molecule has 2 N–H and O–H groups in total. The third-order valence-electron chi connectivity index (χ3n) is 3.22. The maximum atomic E-state index is 12.1. The molecule has 120 valence electrons. The van der Waals surface area contributed by atoms with E-state index in [1.54, 1.807) is 0 Å². The van der Waals surface area contributed by atoms with Gasteiger partial charge in [0.05, 0.1) is 16.8 Å². The monoisotopic (exact) mass is 338 g/mol. The summed E-state index contributed by atoms with van der Waals surface area (Å²) in [6.45, 7) is 1.99. The molecule has 1 amide bonds. The summed E-state index contributed by atoms with van der Waals surface area (Å²) in [5.74, 6) is -0.540. The van der Waals surface area contributed by atoms with Crippen LogP contribution in [0.25, 0.3) is 10.6 Å². The molecule has 1 aromatic carbocycles. The van der Waals surface area contributed by atoms with Crippen LogP contribution in [-0.2, 0) is 0 Å². The van der Waals surface area contributed by atoms with Crippen molar-refractivity contribution in [2.24, 2.45) is 5.10 Å². The molecule has 0 unspecified atom stereocenters. The number of hydrogen-bond donors (Lipinski definition) is 2. The van der Waals surface area contributed by atoms with Crippen LogP contribution in [0, 0.1) is 6.92 Å². The fourth-order valence-corrected chi connectivity index (χ4v) is 2.71. The molecule has 0 saturated heterocycles. The minimum atomic E-state index is -0.575. The lowest BCUT2D eigenvalue weighted by Gasteiger charge is -2.02. The second kappa shape index (κ2) is 7.01. The van der Waals surface area contributed by atoms with Crippen molar-refractivity contribution in [2.75, 3.05) is 0 Å². The highest BCUT2D eigenvalue weighted by atomic mass is 32.1. The van der Waals surface area contributed by atoms with Crippen molar-refractivity contribution in [1.82, 2.24) is 15.4 Å². The summed E-state index contributed by atoms with van der Waals surface area (Å²) in [6.07, 6.45) is 1.53. The van der Waals surface area contributed by atoms with E-state index in [1.165, 1.54) is 23.6 Å². The maximum absolute atomic E-state index is 12.1. The maximum Gasteiger partial charge on any atom is 0.346 e. The van der Waals surface area contributed by atoms with Crippen LogP contribution in [-0.4, -0.2) is 22.1 Å². The van der Waals surface area contributed by atoms with Crippen LogP contribution in [0.15, 0.2) is 57.7 Å². The van der Waals surface area contributed by atoms with Gasteiger partial charge in [-0.05, 0) is 30.0 Å². The lowest BCUT2D eigenvalue weighted by atomic mass is 10.2. The van der Waals surface area contributed by atoms with Crippen molar-refractivity contribution in [3.63, 3.8) is 0 Å². The van der Waals surface area contributed by atoms with E-state index in [0.717, 1.165) is 16.0 Å². The van der Waals surface area contributed by atoms with E-state index in [4.69, 9.17) is 0 Å². The van der Waals surface area contributed by atoms with Gasteiger partial charge in [0, 0.05) is 0 Å². The summed E-state index contributed by atoms with van der Waals surface area (Å²) >= 11 is 1.46. The molecular weight excluding hydrogens is 324 g/mol. The van der Waals surface area contributed by atoms with Gasteiger partial charge in [0.2, 0.25) is 0 Å². The molecule has 0 bridgehead atoms. The molecule has 0 saturated carbocycles. The van der Waals surface area contributed by atoms with E-state index in [2.05, 4.69) is 20.5 Å². The van der Waals surface area contributed by atoms with E-state index < -0.39 is 11.6 Å². The average molecular weight is 338 g/mol. The molecule has 6 nitrogen and oxygen atoms in total. The fraction of sp³-hybridized carbons (Fsp3) is 0.0588. The normalized spacial score (nSPS) is 10.9. The Labute approximate surface area is 141 Å². The number of aromatic amines is 1. The standard InChI is InChI=1S/C17H14N4O2S/c1-11-4-6-12(7-5-11)10-18-21-16(22)14-9-13(19-17(23)20-14)15-3-2-8-24-15/h2-10H,1H3,(H,21,22)(H,19,20,23)/b18-10+. The summed E-state index contributed by atoms with van der Waals surface area (Å²) in [6, 6.07) is 12.9. The van der Waals surface area contributed by atoms with Gasteiger partial charge in [-0.25, -0.2) is 10.2 Å². The van der Waals surface area contributed by atoms with Gasteiger partial charge in [0.15, 0.2) is 0 Å². The van der Waals surface area contributed by atoms with Crippen LogP contribution in [0.3, 0.4) is 0 Å². The molecule has 0 fully saturated rings. The number of H-pyrrole nitrogens is 1. The topological polar surface area (TPSA) is 87.2 Å². The molecule has 3 aromatic rings. The van der Waals surface area contributed by atoms with Crippen LogP contribution in [0.1, 0.15) is 21.6 Å². The van der Waals surface area contributed by atoms with Crippen molar-refractivity contribution in [3.8, 4) is 10.6 Å². The average Bonchev–Trinajstić information content (AvgIpc) is 3.10. The number of hydrazone groups is 1. The number of thiophene rings is 1. The van der Waals surface area contributed by atoms with E-state index >= 15 is 0 Å². The number of carbonyl (C=O) groups excluding carboxylic acids is 1. The lowest BCUT2D eigenvalue weighted by molar-refractivity contribution is 0.0949. The summed E-state index contributed by atoms with van der Waals surface area (Å²) in [5, 5.41) is 5.78. The molecule has 0 aliphatic rings. The molecule has 0 aliphatic carbocycles.